The van der Waals surface area contributed by atoms with Crippen LogP contribution in [0.5, 0.6) is 5.75 Å². The Labute approximate surface area is 84.2 Å². The number of hydrogen-bond acceptors (Lipinski definition) is 3. The maximum Gasteiger partial charge on any atom is 0.414 e. The summed E-state index contributed by atoms with van der Waals surface area (Å²) in [6.45, 7) is 0. The van der Waals surface area contributed by atoms with E-state index in [2.05, 4.69) is 0 Å². The second-order valence-corrected chi connectivity index (χ2v) is 2.47. The van der Waals surface area contributed by atoms with Gasteiger partial charge < -0.3 is 15.3 Å². The highest BCUT2D eigenvalue weighted by Gasteiger charge is 2.04. The predicted molar refractivity (Wildman–Crippen MR) is 48.4 cm³/mol. The van der Waals surface area contributed by atoms with E-state index in [0.29, 0.717) is 5.02 Å². The van der Waals surface area contributed by atoms with E-state index in [0.717, 1.165) is 0 Å². The minimum atomic E-state index is -1.82. The highest BCUT2D eigenvalue weighted by molar-refractivity contribution is 6.31. The van der Waals surface area contributed by atoms with Crippen LogP contribution in [0.15, 0.2) is 24.3 Å². The van der Waals surface area contributed by atoms with Crippen LogP contribution in [0.4, 0.5) is 0 Å². The summed E-state index contributed by atoms with van der Waals surface area (Å²) in [5.41, 5.74) is 0. The van der Waals surface area contributed by atoms with Crippen molar-refractivity contribution in [3.8, 4) is 5.75 Å². The first-order valence-corrected chi connectivity index (χ1v) is 3.72. The van der Waals surface area contributed by atoms with Gasteiger partial charge in [-0.1, -0.05) is 23.7 Å². The average Bonchev–Trinajstić information content (AvgIpc) is 2.11. The Hall–Kier alpha value is -1.75. The first-order valence-electron chi connectivity index (χ1n) is 3.35. The Balaban J connectivity index is 0.000000255. The number of rotatable bonds is 0. The van der Waals surface area contributed by atoms with Crippen LogP contribution in [-0.4, -0.2) is 27.3 Å². The number of aliphatic carboxylic acids is 2. The molecule has 76 valence electrons. The first-order chi connectivity index (χ1) is 6.45. The molecule has 0 aliphatic carbocycles. The molecule has 0 bridgehead atoms. The number of carbonyl (C=O) groups is 2. The topological polar surface area (TPSA) is 94.8 Å². The molecular weight excluding hydrogens is 212 g/mol. The second kappa shape index (κ2) is 5.82. The number of halogens is 1. The van der Waals surface area contributed by atoms with Crippen LogP contribution < -0.4 is 0 Å². The molecule has 14 heavy (non-hydrogen) atoms. The number of phenols is 1. The molecule has 5 nitrogen and oxygen atoms in total. The SMILES string of the molecule is O=C(O)C(=O)O.Oc1ccccc1Cl. The molecule has 0 atom stereocenters. The third-order valence-corrected chi connectivity index (χ3v) is 1.36. The van der Waals surface area contributed by atoms with Crippen LogP contribution in [0.3, 0.4) is 0 Å². The molecule has 0 aliphatic heterocycles. The molecule has 0 aliphatic rings. The van der Waals surface area contributed by atoms with Crippen LogP contribution in [0.2, 0.25) is 5.02 Å². The van der Waals surface area contributed by atoms with Crippen molar-refractivity contribution in [3.63, 3.8) is 0 Å². The van der Waals surface area contributed by atoms with Gasteiger partial charge in [-0.3, -0.25) is 0 Å². The second-order valence-electron chi connectivity index (χ2n) is 2.06. The quantitative estimate of drug-likeness (QED) is 0.569. The maximum atomic E-state index is 9.10. The molecule has 1 aromatic carbocycles. The molecule has 0 amide bonds. The Morgan fingerprint density at radius 3 is 1.71 bits per heavy atom. The summed E-state index contributed by atoms with van der Waals surface area (Å²) in [6.07, 6.45) is 0. The van der Waals surface area contributed by atoms with E-state index in [4.69, 9.17) is 36.5 Å². The zero-order valence-corrected chi connectivity index (χ0v) is 7.60. The molecule has 1 aromatic rings. The normalized spacial score (nSPS) is 8.36. The summed E-state index contributed by atoms with van der Waals surface area (Å²) >= 11 is 5.46. The largest absolute Gasteiger partial charge is 0.506 e. The maximum absolute atomic E-state index is 9.10. The molecule has 6 heteroatoms. The van der Waals surface area contributed by atoms with E-state index >= 15 is 0 Å². The molecule has 0 saturated heterocycles. The highest BCUT2D eigenvalue weighted by Crippen LogP contribution is 2.20. The number of phenolic OH excluding ortho intramolecular Hbond substituents is 1. The van der Waals surface area contributed by atoms with Gasteiger partial charge in [-0.05, 0) is 12.1 Å². The summed E-state index contributed by atoms with van der Waals surface area (Å²) < 4.78 is 0. The zero-order chi connectivity index (χ0) is 11.1. The van der Waals surface area contributed by atoms with Crippen molar-refractivity contribution in [2.24, 2.45) is 0 Å². The number of hydrogen-bond donors (Lipinski definition) is 3. The van der Waals surface area contributed by atoms with E-state index in [1.54, 1.807) is 24.3 Å². The van der Waals surface area contributed by atoms with Gasteiger partial charge in [-0.2, -0.15) is 0 Å². The van der Waals surface area contributed by atoms with Crippen LogP contribution >= 0.6 is 11.6 Å². The van der Waals surface area contributed by atoms with Crippen LogP contribution in [0.25, 0.3) is 0 Å². The number of benzene rings is 1. The third-order valence-electron chi connectivity index (χ3n) is 1.04. The molecular formula is C8H7ClO5. The van der Waals surface area contributed by atoms with Crippen LogP contribution in [0, 0.1) is 0 Å². The van der Waals surface area contributed by atoms with Crippen molar-refractivity contribution < 1.29 is 24.9 Å². The van der Waals surface area contributed by atoms with Gasteiger partial charge in [0.05, 0.1) is 5.02 Å². The number of para-hydroxylation sites is 1. The molecule has 0 radical (unpaired) electrons. The predicted octanol–water partition coefficient (Wildman–Crippen LogP) is 1.20. The number of carboxylic acids is 2. The van der Waals surface area contributed by atoms with Gasteiger partial charge in [-0.25, -0.2) is 9.59 Å². The smallest absolute Gasteiger partial charge is 0.414 e. The fourth-order valence-electron chi connectivity index (χ4n) is 0.452. The Kier molecular flexibility index (Phi) is 5.09. The minimum Gasteiger partial charge on any atom is -0.506 e. The lowest BCUT2D eigenvalue weighted by Crippen LogP contribution is -2.09. The van der Waals surface area contributed by atoms with Crippen LogP contribution in [-0.2, 0) is 9.59 Å². The van der Waals surface area contributed by atoms with E-state index in [9.17, 15) is 0 Å². The molecule has 1 rings (SSSR count). The summed E-state index contributed by atoms with van der Waals surface area (Å²) in [7, 11) is 0. The standard InChI is InChI=1S/C6H5ClO.C2H2O4/c7-5-3-1-2-4-6(5)8;3-1(4)2(5)6/h1-4,8H;(H,3,4)(H,5,6). The average molecular weight is 219 g/mol. The summed E-state index contributed by atoms with van der Waals surface area (Å²) in [5.74, 6) is -3.51. The lowest BCUT2D eigenvalue weighted by Gasteiger charge is -1.89. The number of carboxylic acid groups (broad SMARTS) is 2. The van der Waals surface area contributed by atoms with Gasteiger partial charge in [0.2, 0.25) is 0 Å². The van der Waals surface area contributed by atoms with Crippen LogP contribution in [0.1, 0.15) is 0 Å². The lowest BCUT2D eigenvalue weighted by molar-refractivity contribution is -0.159. The Morgan fingerprint density at radius 2 is 1.50 bits per heavy atom. The summed E-state index contributed by atoms with van der Waals surface area (Å²) in [5, 5.41) is 24.0. The van der Waals surface area contributed by atoms with Crippen molar-refractivity contribution in [2.75, 3.05) is 0 Å². The molecule has 0 unspecified atom stereocenters. The van der Waals surface area contributed by atoms with Gasteiger partial charge in [0.25, 0.3) is 0 Å². The highest BCUT2D eigenvalue weighted by atomic mass is 35.5. The van der Waals surface area contributed by atoms with E-state index in [-0.39, 0.29) is 5.75 Å². The third kappa shape index (κ3) is 5.00. The first kappa shape index (κ1) is 12.2. The van der Waals surface area contributed by atoms with Gasteiger partial charge in [0.1, 0.15) is 5.75 Å². The monoisotopic (exact) mass is 218 g/mol. The van der Waals surface area contributed by atoms with Gasteiger partial charge >= 0.3 is 11.9 Å². The molecule has 0 heterocycles. The molecule has 3 N–H and O–H groups in total. The minimum absolute atomic E-state index is 0.133. The molecule has 0 spiro atoms. The lowest BCUT2D eigenvalue weighted by atomic mass is 10.3. The summed E-state index contributed by atoms with van der Waals surface area (Å²) in [6, 6.07) is 6.67. The molecule has 0 aromatic heterocycles. The molecule has 0 fully saturated rings. The van der Waals surface area contributed by atoms with Gasteiger partial charge in [0.15, 0.2) is 0 Å². The Morgan fingerprint density at radius 1 is 1.07 bits per heavy atom. The van der Waals surface area contributed by atoms with Crippen molar-refractivity contribution in [2.45, 2.75) is 0 Å². The van der Waals surface area contributed by atoms with E-state index in [1.165, 1.54) is 0 Å². The zero-order valence-electron chi connectivity index (χ0n) is 6.85. The van der Waals surface area contributed by atoms with Crippen molar-refractivity contribution in [3.05, 3.63) is 29.3 Å². The summed E-state index contributed by atoms with van der Waals surface area (Å²) in [4.78, 5) is 18.2. The van der Waals surface area contributed by atoms with Crippen molar-refractivity contribution in [1.82, 2.24) is 0 Å². The fraction of sp³-hybridized carbons (Fsp3) is 0. The Bertz CT molecular complexity index is 303. The molecule has 0 saturated carbocycles. The van der Waals surface area contributed by atoms with Crippen molar-refractivity contribution in [1.29, 1.82) is 0 Å². The van der Waals surface area contributed by atoms with Gasteiger partial charge in [0, 0.05) is 0 Å². The number of aromatic hydroxyl groups is 1. The fourth-order valence-corrected chi connectivity index (χ4v) is 0.587. The van der Waals surface area contributed by atoms with E-state index < -0.39 is 11.9 Å². The van der Waals surface area contributed by atoms with Gasteiger partial charge in [-0.15, -0.1) is 0 Å². The van der Waals surface area contributed by atoms with E-state index in [1.807, 2.05) is 0 Å². The van der Waals surface area contributed by atoms with Crippen molar-refractivity contribution >= 4 is 23.5 Å².